The van der Waals surface area contributed by atoms with Crippen LogP contribution in [-0.4, -0.2) is 70.4 Å². The smallest absolute Gasteiger partial charge is 0.408 e. The number of hydrogen-bond acceptors (Lipinski definition) is 8. The quantitative estimate of drug-likeness (QED) is 0.219. The Labute approximate surface area is 198 Å². The molecule has 0 spiro atoms. The van der Waals surface area contributed by atoms with E-state index in [4.69, 9.17) is 15.9 Å². The molecule has 0 aliphatic rings. The molecule has 4 N–H and O–H groups in total. The molecule has 3 amide bonds. The van der Waals surface area contributed by atoms with Crippen molar-refractivity contribution in [3.8, 4) is 18.2 Å². The van der Waals surface area contributed by atoms with Gasteiger partial charge in [-0.1, -0.05) is 24.6 Å². The highest BCUT2D eigenvalue weighted by atomic mass is 16.6. The molecule has 186 valence electrons. The second-order valence-electron chi connectivity index (χ2n) is 8.03. The second kappa shape index (κ2) is 13.1. The summed E-state index contributed by atoms with van der Waals surface area (Å²) in [4.78, 5) is 50.4. The minimum Gasteiger partial charge on any atom is -0.508 e. The van der Waals surface area contributed by atoms with Crippen LogP contribution in [0.1, 0.15) is 45.7 Å². The van der Waals surface area contributed by atoms with Crippen LogP contribution in [0.5, 0.6) is 5.75 Å². The van der Waals surface area contributed by atoms with Gasteiger partial charge in [-0.25, -0.2) is 4.79 Å². The zero-order chi connectivity index (χ0) is 25.9. The molecule has 2 atom stereocenters. The molecule has 1 aromatic rings. The van der Waals surface area contributed by atoms with Crippen LogP contribution in [0.3, 0.4) is 0 Å². The number of carbonyl (C=O) groups is 4. The molecule has 0 fully saturated rings. The van der Waals surface area contributed by atoms with E-state index in [1.165, 1.54) is 24.3 Å². The maximum Gasteiger partial charge on any atom is 0.408 e. The van der Waals surface area contributed by atoms with Gasteiger partial charge in [-0.05, 0) is 33.8 Å². The fraction of sp³-hybridized carbons (Fsp3) is 0.478. The minimum atomic E-state index is -1.54. The van der Waals surface area contributed by atoms with Gasteiger partial charge in [-0.2, -0.15) is 0 Å². The Morgan fingerprint density at radius 3 is 2.38 bits per heavy atom. The lowest BCUT2D eigenvalue weighted by Crippen LogP contribution is -2.53. The minimum absolute atomic E-state index is 0.00334. The molecule has 2 unspecified atom stereocenters. The van der Waals surface area contributed by atoms with Gasteiger partial charge in [-0.15, -0.1) is 0 Å². The first-order valence-electron chi connectivity index (χ1n) is 10.6. The van der Waals surface area contributed by atoms with Gasteiger partial charge in [0.05, 0.1) is 19.6 Å². The number of rotatable bonds is 10. The van der Waals surface area contributed by atoms with E-state index in [1.807, 2.05) is 0 Å². The Kier molecular flexibility index (Phi) is 10.8. The summed E-state index contributed by atoms with van der Waals surface area (Å²) in [6.45, 7) is 5.72. The molecular formula is C23H31N3O8. The third kappa shape index (κ3) is 8.63. The zero-order valence-electron chi connectivity index (χ0n) is 19.7. The van der Waals surface area contributed by atoms with Crippen LogP contribution < -0.4 is 10.6 Å². The molecule has 11 nitrogen and oxygen atoms in total. The summed E-state index contributed by atoms with van der Waals surface area (Å²) in [6, 6.07) is 4.74. The molecule has 34 heavy (non-hydrogen) atoms. The fourth-order valence-corrected chi connectivity index (χ4v) is 2.80. The number of phenolic OH excluding ortho intramolecular Hbond substituents is 1. The summed E-state index contributed by atoms with van der Waals surface area (Å²) < 4.78 is 9.90. The van der Waals surface area contributed by atoms with E-state index in [0.717, 1.165) is 0 Å². The molecule has 11 heteroatoms. The predicted molar refractivity (Wildman–Crippen MR) is 121 cm³/mol. The van der Waals surface area contributed by atoms with E-state index in [0.29, 0.717) is 4.90 Å². The van der Waals surface area contributed by atoms with Crippen LogP contribution in [-0.2, 0) is 23.9 Å². The van der Waals surface area contributed by atoms with Crippen molar-refractivity contribution >= 4 is 23.9 Å². The number of aromatic hydroxyl groups is 1. The normalized spacial score (nSPS) is 12.5. The Hall–Kier alpha value is -3.78. The highest BCUT2D eigenvalue weighted by molar-refractivity contribution is 5.93. The van der Waals surface area contributed by atoms with E-state index in [1.54, 1.807) is 27.7 Å². The van der Waals surface area contributed by atoms with Crippen molar-refractivity contribution in [2.24, 2.45) is 0 Å². The molecule has 0 aliphatic heterocycles. The summed E-state index contributed by atoms with van der Waals surface area (Å²) >= 11 is 0. The van der Waals surface area contributed by atoms with Gasteiger partial charge in [0.1, 0.15) is 17.4 Å². The van der Waals surface area contributed by atoms with Crippen LogP contribution in [0.25, 0.3) is 0 Å². The summed E-state index contributed by atoms with van der Waals surface area (Å²) in [5.41, 5.74) is -0.868. The van der Waals surface area contributed by atoms with Crippen molar-refractivity contribution in [2.75, 3.05) is 19.8 Å². The molecule has 1 rings (SSSR count). The Morgan fingerprint density at radius 2 is 1.85 bits per heavy atom. The number of phenols is 1. The number of nitrogens with one attached hydrogen (secondary N) is 2. The number of aliphatic hydroxyl groups is 1. The van der Waals surface area contributed by atoms with Gasteiger partial charge in [0.15, 0.2) is 6.04 Å². The third-order valence-electron chi connectivity index (χ3n) is 4.22. The maximum atomic E-state index is 13.1. The highest BCUT2D eigenvalue weighted by Gasteiger charge is 2.36. The Morgan fingerprint density at radius 1 is 1.21 bits per heavy atom. The van der Waals surface area contributed by atoms with Gasteiger partial charge < -0.3 is 30.3 Å². The lowest BCUT2D eigenvalue weighted by Gasteiger charge is -2.30. The van der Waals surface area contributed by atoms with Crippen molar-refractivity contribution < 1.29 is 38.9 Å². The number of para-hydroxylation sites is 1. The number of esters is 1. The van der Waals surface area contributed by atoms with Crippen molar-refractivity contribution in [3.05, 3.63) is 29.8 Å². The van der Waals surface area contributed by atoms with Gasteiger partial charge in [0, 0.05) is 18.2 Å². The largest absolute Gasteiger partial charge is 0.508 e. The average Bonchev–Trinajstić information content (AvgIpc) is 2.75. The summed E-state index contributed by atoms with van der Waals surface area (Å²) in [6.07, 6.45) is 4.43. The summed E-state index contributed by atoms with van der Waals surface area (Å²) in [5.74, 6) is -2.65. The first-order valence-corrected chi connectivity index (χ1v) is 10.6. The summed E-state index contributed by atoms with van der Waals surface area (Å²) in [7, 11) is 0. The molecule has 0 saturated carbocycles. The molecule has 1 aromatic carbocycles. The molecule has 0 aromatic heterocycles. The molecule has 0 heterocycles. The number of hydrogen-bond donors (Lipinski definition) is 4. The third-order valence-corrected chi connectivity index (χ3v) is 4.22. The molecule has 0 saturated heterocycles. The lowest BCUT2D eigenvalue weighted by atomic mass is 10.0. The van der Waals surface area contributed by atoms with E-state index < -0.39 is 48.2 Å². The van der Waals surface area contributed by atoms with E-state index in [2.05, 4.69) is 16.7 Å². The van der Waals surface area contributed by atoms with Crippen molar-refractivity contribution in [2.45, 2.75) is 51.8 Å². The van der Waals surface area contributed by atoms with Crippen LogP contribution >= 0.6 is 0 Å². The summed E-state index contributed by atoms with van der Waals surface area (Å²) in [5, 5.41) is 24.7. The predicted octanol–water partition coefficient (Wildman–Crippen LogP) is 0.808. The fourth-order valence-electron chi connectivity index (χ4n) is 2.80. The van der Waals surface area contributed by atoms with Crippen LogP contribution in [0.4, 0.5) is 4.79 Å². The number of ether oxygens (including phenoxy) is 2. The zero-order valence-corrected chi connectivity index (χ0v) is 19.7. The SMILES string of the molecule is C#CN(C(=O)C(CO)NC(=O)OC(C)(C)C)C(C(=O)NCCC(=O)OCC)c1ccccc1O. The standard InChI is InChI=1S/C23H31N3O8/c1-6-26(21(31)16(14-27)25-22(32)34-23(3,4)5)19(15-10-8-9-11-17(15)28)20(30)24-13-12-18(29)33-7-2/h1,8-11,16,19,27-28H,7,12-14H2,2-5H3,(H,24,30)(H,25,32). The number of terminal acetylenes is 1. The number of benzene rings is 1. The number of aliphatic hydroxyl groups excluding tert-OH is 1. The van der Waals surface area contributed by atoms with Gasteiger partial charge in [0.25, 0.3) is 5.91 Å². The lowest BCUT2D eigenvalue weighted by molar-refractivity contribution is -0.143. The van der Waals surface area contributed by atoms with E-state index >= 15 is 0 Å². The van der Waals surface area contributed by atoms with Crippen LogP contribution in [0, 0.1) is 12.5 Å². The Bertz CT molecular complexity index is 920. The number of alkyl carbamates (subject to hydrolysis) is 1. The van der Waals surface area contributed by atoms with Gasteiger partial charge >= 0.3 is 12.1 Å². The monoisotopic (exact) mass is 477 g/mol. The van der Waals surface area contributed by atoms with Crippen molar-refractivity contribution in [3.63, 3.8) is 0 Å². The second-order valence-corrected chi connectivity index (χ2v) is 8.03. The first kappa shape index (κ1) is 28.3. The average molecular weight is 478 g/mol. The topological polar surface area (TPSA) is 154 Å². The van der Waals surface area contributed by atoms with E-state index in [9.17, 15) is 29.4 Å². The Balaban J connectivity index is 3.19. The van der Waals surface area contributed by atoms with Crippen LogP contribution in [0.15, 0.2) is 24.3 Å². The molecule has 0 radical (unpaired) electrons. The highest BCUT2D eigenvalue weighted by Crippen LogP contribution is 2.29. The molecular weight excluding hydrogens is 446 g/mol. The van der Waals surface area contributed by atoms with Gasteiger partial charge in [0.2, 0.25) is 5.91 Å². The number of nitrogens with zero attached hydrogens (tertiary/aromatic N) is 1. The first-order chi connectivity index (χ1) is 15.9. The number of carbonyl (C=O) groups excluding carboxylic acids is 4. The molecule has 0 bridgehead atoms. The molecule has 0 aliphatic carbocycles. The van der Waals surface area contributed by atoms with Crippen molar-refractivity contribution in [1.29, 1.82) is 0 Å². The van der Waals surface area contributed by atoms with E-state index in [-0.39, 0.29) is 30.9 Å². The van der Waals surface area contributed by atoms with Crippen LogP contribution in [0.2, 0.25) is 0 Å². The number of amides is 3. The van der Waals surface area contributed by atoms with Crippen molar-refractivity contribution in [1.82, 2.24) is 15.5 Å². The van der Waals surface area contributed by atoms with Gasteiger partial charge in [-0.3, -0.25) is 19.3 Å². The maximum absolute atomic E-state index is 13.1.